The van der Waals surface area contributed by atoms with Gasteiger partial charge in [-0.15, -0.1) is 0 Å². The van der Waals surface area contributed by atoms with Gasteiger partial charge in [0.05, 0.1) is 18.7 Å². The van der Waals surface area contributed by atoms with Gasteiger partial charge < -0.3 is 16.2 Å². The molecule has 0 aliphatic heterocycles. The largest absolute Gasteiger partial charge is 0.466 e. The van der Waals surface area contributed by atoms with Gasteiger partial charge >= 0.3 is 5.97 Å². The van der Waals surface area contributed by atoms with Crippen molar-refractivity contribution in [1.29, 1.82) is 0 Å². The average molecular weight is 366 g/mol. The Balaban J connectivity index is 2.88. The number of anilines is 1. The Labute approximate surface area is 117 Å². The van der Waals surface area contributed by atoms with Gasteiger partial charge in [0, 0.05) is 15.0 Å². The van der Waals surface area contributed by atoms with Crippen LogP contribution in [-0.4, -0.2) is 12.6 Å². The van der Waals surface area contributed by atoms with Crippen LogP contribution in [0.15, 0.2) is 21.1 Å². The summed E-state index contributed by atoms with van der Waals surface area (Å²) in [7, 11) is 0. The summed E-state index contributed by atoms with van der Waals surface area (Å²) in [6.45, 7) is 2.11. The Morgan fingerprint density at radius 1 is 1.47 bits per heavy atom. The lowest BCUT2D eigenvalue weighted by atomic mass is 10.0. The molecule has 4 nitrogen and oxygen atoms in total. The Bertz CT molecular complexity index is 424. The van der Waals surface area contributed by atoms with E-state index in [1.807, 2.05) is 12.1 Å². The van der Waals surface area contributed by atoms with Crippen LogP contribution in [0.5, 0.6) is 0 Å². The van der Waals surface area contributed by atoms with Crippen molar-refractivity contribution >= 4 is 43.5 Å². The van der Waals surface area contributed by atoms with Crippen molar-refractivity contribution in [3.05, 3.63) is 26.6 Å². The Hall–Kier alpha value is -0.590. The number of esters is 1. The van der Waals surface area contributed by atoms with Crippen LogP contribution in [0.1, 0.15) is 24.9 Å². The van der Waals surface area contributed by atoms with E-state index >= 15 is 0 Å². The van der Waals surface area contributed by atoms with E-state index < -0.39 is 6.04 Å². The molecule has 0 amide bonds. The lowest BCUT2D eigenvalue weighted by Gasteiger charge is -2.15. The van der Waals surface area contributed by atoms with Crippen LogP contribution in [0.4, 0.5) is 5.69 Å². The maximum absolute atomic E-state index is 11.3. The molecular weight excluding hydrogens is 352 g/mol. The summed E-state index contributed by atoms with van der Waals surface area (Å²) in [4.78, 5) is 11.3. The van der Waals surface area contributed by atoms with Crippen molar-refractivity contribution < 1.29 is 9.53 Å². The summed E-state index contributed by atoms with van der Waals surface area (Å²) in [5.74, 6) is -0.324. The fraction of sp³-hybridized carbons (Fsp3) is 0.364. The second-order valence-corrected chi connectivity index (χ2v) is 5.28. The number of benzene rings is 1. The number of carbonyl (C=O) groups is 1. The summed E-state index contributed by atoms with van der Waals surface area (Å²) in [6, 6.07) is 3.17. The van der Waals surface area contributed by atoms with Crippen molar-refractivity contribution in [1.82, 2.24) is 0 Å². The standard InChI is InChI=1S/C11H14Br2N2O2/c1-2-17-10(16)5-9(14)7-3-6(12)4-8(13)11(7)15/h3-4,9H,2,5,14-15H2,1H3/t9-/m1/s1. The number of hydrogen-bond acceptors (Lipinski definition) is 4. The van der Waals surface area contributed by atoms with Gasteiger partial charge in [-0.25, -0.2) is 0 Å². The van der Waals surface area contributed by atoms with Crippen LogP contribution in [-0.2, 0) is 9.53 Å². The summed E-state index contributed by atoms with van der Waals surface area (Å²) in [5, 5.41) is 0. The predicted octanol–water partition coefficient (Wildman–Crippen LogP) is 2.75. The Morgan fingerprint density at radius 3 is 2.71 bits per heavy atom. The van der Waals surface area contributed by atoms with Crippen molar-refractivity contribution in [2.75, 3.05) is 12.3 Å². The van der Waals surface area contributed by atoms with Gasteiger partial charge in [-0.3, -0.25) is 4.79 Å². The molecule has 6 heteroatoms. The molecule has 0 aliphatic rings. The molecule has 0 radical (unpaired) electrons. The van der Waals surface area contributed by atoms with Gasteiger partial charge in [-0.1, -0.05) is 15.9 Å². The van der Waals surface area contributed by atoms with E-state index in [1.54, 1.807) is 6.92 Å². The number of carbonyl (C=O) groups excluding carboxylic acids is 1. The number of ether oxygens (including phenoxy) is 1. The highest BCUT2D eigenvalue weighted by Gasteiger charge is 2.17. The first-order chi connectivity index (χ1) is 7.95. The van der Waals surface area contributed by atoms with Gasteiger partial charge in [0.1, 0.15) is 0 Å². The summed E-state index contributed by atoms with van der Waals surface area (Å²) >= 11 is 6.69. The van der Waals surface area contributed by atoms with Crippen molar-refractivity contribution in [3.63, 3.8) is 0 Å². The van der Waals surface area contributed by atoms with Crippen LogP contribution in [0, 0.1) is 0 Å². The van der Waals surface area contributed by atoms with E-state index in [-0.39, 0.29) is 12.4 Å². The van der Waals surface area contributed by atoms with E-state index in [4.69, 9.17) is 16.2 Å². The molecule has 0 fully saturated rings. The third-order valence-electron chi connectivity index (χ3n) is 2.22. The monoisotopic (exact) mass is 364 g/mol. The van der Waals surface area contributed by atoms with Gasteiger partial charge in [-0.05, 0) is 40.5 Å². The molecule has 0 heterocycles. The van der Waals surface area contributed by atoms with Crippen molar-refractivity contribution in [2.45, 2.75) is 19.4 Å². The second-order valence-electron chi connectivity index (χ2n) is 3.51. The van der Waals surface area contributed by atoms with E-state index in [1.165, 1.54) is 0 Å². The maximum atomic E-state index is 11.3. The van der Waals surface area contributed by atoms with E-state index in [9.17, 15) is 4.79 Å². The summed E-state index contributed by atoms with van der Waals surface area (Å²) in [6.07, 6.45) is 0.112. The zero-order chi connectivity index (χ0) is 13.0. The number of halogens is 2. The SMILES string of the molecule is CCOC(=O)C[C@@H](N)c1cc(Br)cc(Br)c1N. The highest BCUT2D eigenvalue weighted by atomic mass is 79.9. The zero-order valence-corrected chi connectivity index (χ0v) is 12.5. The molecule has 1 atom stereocenters. The summed E-state index contributed by atoms with van der Waals surface area (Å²) < 4.78 is 6.46. The zero-order valence-electron chi connectivity index (χ0n) is 9.37. The van der Waals surface area contributed by atoms with E-state index in [0.717, 1.165) is 14.5 Å². The number of nitrogens with two attached hydrogens (primary N) is 2. The number of hydrogen-bond donors (Lipinski definition) is 2. The third kappa shape index (κ3) is 3.97. The molecule has 94 valence electrons. The molecule has 0 saturated heterocycles. The summed E-state index contributed by atoms with van der Waals surface area (Å²) in [5.41, 5.74) is 13.1. The van der Waals surface area contributed by atoms with E-state index in [0.29, 0.717) is 12.3 Å². The molecule has 0 unspecified atom stereocenters. The topological polar surface area (TPSA) is 78.3 Å². The number of nitrogen functional groups attached to an aromatic ring is 1. The molecular formula is C11H14Br2N2O2. The van der Waals surface area contributed by atoms with Crippen LogP contribution >= 0.6 is 31.9 Å². The third-order valence-corrected chi connectivity index (χ3v) is 3.33. The fourth-order valence-electron chi connectivity index (χ4n) is 1.42. The van der Waals surface area contributed by atoms with Crippen LogP contribution in [0.25, 0.3) is 0 Å². The van der Waals surface area contributed by atoms with Gasteiger partial charge in [-0.2, -0.15) is 0 Å². The molecule has 0 aliphatic carbocycles. The van der Waals surface area contributed by atoms with E-state index in [2.05, 4.69) is 31.9 Å². The lowest BCUT2D eigenvalue weighted by molar-refractivity contribution is -0.143. The quantitative estimate of drug-likeness (QED) is 0.635. The minimum Gasteiger partial charge on any atom is -0.466 e. The fourth-order valence-corrected chi connectivity index (χ4v) is 2.68. The van der Waals surface area contributed by atoms with Crippen LogP contribution in [0.2, 0.25) is 0 Å². The van der Waals surface area contributed by atoms with Crippen LogP contribution < -0.4 is 11.5 Å². The minimum absolute atomic E-state index is 0.112. The molecule has 0 spiro atoms. The Kier molecular flexibility index (Phi) is 5.42. The van der Waals surface area contributed by atoms with Gasteiger partial charge in [0.15, 0.2) is 0 Å². The average Bonchev–Trinajstić information content (AvgIpc) is 2.23. The highest BCUT2D eigenvalue weighted by molar-refractivity contribution is 9.11. The predicted molar refractivity (Wildman–Crippen MR) is 74.4 cm³/mol. The smallest absolute Gasteiger partial charge is 0.307 e. The van der Waals surface area contributed by atoms with Crippen LogP contribution in [0.3, 0.4) is 0 Å². The first kappa shape index (κ1) is 14.5. The molecule has 4 N–H and O–H groups in total. The molecule has 0 bridgehead atoms. The highest BCUT2D eigenvalue weighted by Crippen LogP contribution is 2.32. The molecule has 1 aromatic carbocycles. The van der Waals surface area contributed by atoms with Gasteiger partial charge in [0.2, 0.25) is 0 Å². The second kappa shape index (κ2) is 6.37. The normalized spacial score (nSPS) is 12.2. The molecule has 0 saturated carbocycles. The van der Waals surface area contributed by atoms with Crippen molar-refractivity contribution in [3.8, 4) is 0 Å². The van der Waals surface area contributed by atoms with Gasteiger partial charge in [0.25, 0.3) is 0 Å². The first-order valence-electron chi connectivity index (χ1n) is 5.11. The first-order valence-corrected chi connectivity index (χ1v) is 6.70. The minimum atomic E-state index is -0.470. The Morgan fingerprint density at radius 2 is 2.12 bits per heavy atom. The molecule has 1 aromatic rings. The molecule has 0 aromatic heterocycles. The lowest BCUT2D eigenvalue weighted by Crippen LogP contribution is -2.18. The van der Waals surface area contributed by atoms with Crippen molar-refractivity contribution in [2.24, 2.45) is 5.73 Å². The molecule has 17 heavy (non-hydrogen) atoms. The molecule has 1 rings (SSSR count). The maximum Gasteiger partial charge on any atom is 0.307 e. The number of rotatable bonds is 4.